The van der Waals surface area contributed by atoms with Crippen LogP contribution in [0.2, 0.25) is 5.15 Å². The first kappa shape index (κ1) is 14.4. The van der Waals surface area contributed by atoms with Gasteiger partial charge in [-0.15, -0.1) is 0 Å². The highest BCUT2D eigenvalue weighted by atomic mass is 35.5. The standard InChI is InChI=1S/C12H18ClN5S/c1-9-10(13)17-12-15-8-16-18(12)11(9)14-6-4-3-5-7-19-2/h8,14H,3-7H2,1-2H3. The smallest absolute Gasteiger partial charge is 0.255 e. The minimum Gasteiger partial charge on any atom is -0.370 e. The lowest BCUT2D eigenvalue weighted by molar-refractivity contribution is 0.744. The highest BCUT2D eigenvalue weighted by Gasteiger charge is 2.11. The summed E-state index contributed by atoms with van der Waals surface area (Å²) in [4.78, 5) is 8.24. The predicted octanol–water partition coefficient (Wildman–Crippen LogP) is 3.03. The molecule has 2 rings (SSSR count). The Kier molecular flexibility index (Phi) is 5.27. The van der Waals surface area contributed by atoms with E-state index in [1.54, 1.807) is 4.52 Å². The predicted molar refractivity (Wildman–Crippen MR) is 81.3 cm³/mol. The van der Waals surface area contributed by atoms with Gasteiger partial charge in [0.15, 0.2) is 0 Å². The van der Waals surface area contributed by atoms with E-state index in [9.17, 15) is 0 Å². The molecule has 19 heavy (non-hydrogen) atoms. The van der Waals surface area contributed by atoms with Gasteiger partial charge in [0.1, 0.15) is 17.3 Å². The fourth-order valence-electron chi connectivity index (χ4n) is 1.86. The van der Waals surface area contributed by atoms with Gasteiger partial charge in [-0.25, -0.2) is 0 Å². The van der Waals surface area contributed by atoms with Gasteiger partial charge in [0.25, 0.3) is 5.78 Å². The van der Waals surface area contributed by atoms with Crippen LogP contribution >= 0.6 is 23.4 Å². The average molecular weight is 300 g/mol. The van der Waals surface area contributed by atoms with Crippen molar-refractivity contribution in [2.45, 2.75) is 26.2 Å². The van der Waals surface area contributed by atoms with Crippen LogP contribution in [0, 0.1) is 6.92 Å². The van der Waals surface area contributed by atoms with Gasteiger partial charge in [-0.1, -0.05) is 18.0 Å². The van der Waals surface area contributed by atoms with E-state index in [-0.39, 0.29) is 0 Å². The van der Waals surface area contributed by atoms with Gasteiger partial charge in [-0.3, -0.25) is 0 Å². The second-order valence-electron chi connectivity index (χ2n) is 4.33. The topological polar surface area (TPSA) is 55.1 Å². The maximum atomic E-state index is 6.10. The Bertz CT molecular complexity index is 542. The van der Waals surface area contributed by atoms with Crippen LogP contribution in [0.25, 0.3) is 5.78 Å². The molecule has 0 bridgehead atoms. The molecule has 0 aromatic carbocycles. The minimum absolute atomic E-state index is 0.477. The summed E-state index contributed by atoms with van der Waals surface area (Å²) in [6, 6.07) is 0. The number of aromatic nitrogens is 4. The van der Waals surface area contributed by atoms with Crippen molar-refractivity contribution in [1.29, 1.82) is 0 Å². The number of nitrogens with one attached hydrogen (secondary N) is 1. The zero-order chi connectivity index (χ0) is 13.7. The molecule has 2 aromatic heterocycles. The number of fused-ring (bicyclic) bond motifs is 1. The van der Waals surface area contributed by atoms with Crippen LogP contribution < -0.4 is 5.32 Å². The number of halogens is 1. The lowest BCUT2D eigenvalue weighted by atomic mass is 10.2. The summed E-state index contributed by atoms with van der Waals surface area (Å²) in [5.41, 5.74) is 0.906. The molecule has 104 valence electrons. The average Bonchev–Trinajstić information content (AvgIpc) is 2.85. The van der Waals surface area contributed by atoms with Crippen molar-refractivity contribution in [3.63, 3.8) is 0 Å². The van der Waals surface area contributed by atoms with Crippen molar-refractivity contribution in [2.24, 2.45) is 0 Å². The van der Waals surface area contributed by atoms with E-state index in [0.29, 0.717) is 10.9 Å². The van der Waals surface area contributed by atoms with E-state index in [1.807, 2.05) is 18.7 Å². The first-order valence-corrected chi connectivity index (χ1v) is 8.10. The highest BCUT2D eigenvalue weighted by molar-refractivity contribution is 7.98. The van der Waals surface area contributed by atoms with Crippen LogP contribution in [0.4, 0.5) is 5.82 Å². The Morgan fingerprint density at radius 1 is 1.37 bits per heavy atom. The third kappa shape index (κ3) is 3.51. The van der Waals surface area contributed by atoms with Gasteiger partial charge >= 0.3 is 0 Å². The van der Waals surface area contributed by atoms with E-state index >= 15 is 0 Å². The van der Waals surface area contributed by atoms with Crippen LogP contribution in [-0.4, -0.2) is 38.1 Å². The first-order valence-electron chi connectivity index (χ1n) is 6.32. The zero-order valence-electron chi connectivity index (χ0n) is 11.2. The number of anilines is 1. The molecule has 0 fully saturated rings. The summed E-state index contributed by atoms with van der Waals surface area (Å²) in [5, 5.41) is 8.03. The molecule has 0 aliphatic carbocycles. The summed E-state index contributed by atoms with van der Waals surface area (Å²) in [5.74, 6) is 2.64. The molecule has 7 heteroatoms. The number of unbranched alkanes of at least 4 members (excludes halogenated alkanes) is 2. The Labute approximate surface area is 122 Å². The van der Waals surface area contributed by atoms with Crippen molar-refractivity contribution in [3.05, 3.63) is 17.0 Å². The molecule has 0 atom stereocenters. The summed E-state index contributed by atoms with van der Waals surface area (Å²) in [7, 11) is 0. The van der Waals surface area contributed by atoms with Crippen molar-refractivity contribution in [2.75, 3.05) is 23.9 Å². The molecule has 0 unspecified atom stereocenters. The molecule has 1 N–H and O–H groups in total. The SMILES string of the molecule is CSCCCCCNc1c(C)c(Cl)nc2ncnn12. The summed E-state index contributed by atoms with van der Waals surface area (Å²) < 4.78 is 1.70. The van der Waals surface area contributed by atoms with Gasteiger partial charge in [0, 0.05) is 12.1 Å². The molecule has 0 amide bonds. The van der Waals surface area contributed by atoms with E-state index in [1.165, 1.54) is 24.9 Å². The minimum atomic E-state index is 0.477. The van der Waals surface area contributed by atoms with Crippen LogP contribution in [0.3, 0.4) is 0 Å². The molecular formula is C12H18ClN5S. The van der Waals surface area contributed by atoms with E-state index in [4.69, 9.17) is 11.6 Å². The van der Waals surface area contributed by atoms with Gasteiger partial charge in [-0.05, 0) is 31.8 Å². The molecule has 0 aliphatic rings. The fraction of sp³-hybridized carbons (Fsp3) is 0.583. The lowest BCUT2D eigenvalue weighted by Gasteiger charge is -2.11. The van der Waals surface area contributed by atoms with Crippen LogP contribution in [0.1, 0.15) is 24.8 Å². The van der Waals surface area contributed by atoms with Gasteiger partial charge in [0.2, 0.25) is 0 Å². The number of thioether (sulfide) groups is 1. The second kappa shape index (κ2) is 6.96. The van der Waals surface area contributed by atoms with Crippen LogP contribution in [0.5, 0.6) is 0 Å². The molecule has 0 aliphatic heterocycles. The molecular weight excluding hydrogens is 282 g/mol. The zero-order valence-corrected chi connectivity index (χ0v) is 12.8. The Hall–Kier alpha value is -1.01. The maximum absolute atomic E-state index is 6.10. The molecule has 2 aromatic rings. The molecule has 0 saturated heterocycles. The Balaban J connectivity index is 1.99. The van der Waals surface area contributed by atoms with Gasteiger partial charge in [-0.2, -0.15) is 31.3 Å². The quantitative estimate of drug-likeness (QED) is 0.629. The second-order valence-corrected chi connectivity index (χ2v) is 5.67. The van der Waals surface area contributed by atoms with Crippen molar-refractivity contribution >= 4 is 35.0 Å². The van der Waals surface area contributed by atoms with Gasteiger partial charge in [0.05, 0.1) is 0 Å². The van der Waals surface area contributed by atoms with Crippen LogP contribution in [-0.2, 0) is 0 Å². The summed E-state index contributed by atoms with van der Waals surface area (Å²) >= 11 is 7.99. The molecule has 0 radical (unpaired) electrons. The Morgan fingerprint density at radius 3 is 3.00 bits per heavy atom. The monoisotopic (exact) mass is 299 g/mol. The number of nitrogens with zero attached hydrogens (tertiary/aromatic N) is 4. The van der Waals surface area contributed by atoms with E-state index in [2.05, 4.69) is 26.6 Å². The third-order valence-corrected chi connectivity index (χ3v) is 3.99. The lowest BCUT2D eigenvalue weighted by Crippen LogP contribution is -2.10. The normalized spacial score (nSPS) is 11.1. The fourth-order valence-corrected chi connectivity index (χ4v) is 2.52. The number of hydrogen-bond acceptors (Lipinski definition) is 5. The third-order valence-electron chi connectivity index (χ3n) is 2.92. The Morgan fingerprint density at radius 2 is 2.21 bits per heavy atom. The number of hydrogen-bond donors (Lipinski definition) is 1. The first-order chi connectivity index (χ1) is 9.24. The molecule has 5 nitrogen and oxygen atoms in total. The van der Waals surface area contributed by atoms with E-state index in [0.717, 1.165) is 24.3 Å². The largest absolute Gasteiger partial charge is 0.370 e. The summed E-state index contributed by atoms with van der Waals surface area (Å²) in [6.07, 6.45) is 7.25. The molecule has 0 saturated carbocycles. The van der Waals surface area contributed by atoms with Gasteiger partial charge < -0.3 is 5.32 Å². The number of rotatable bonds is 7. The van der Waals surface area contributed by atoms with Crippen molar-refractivity contribution in [3.8, 4) is 0 Å². The van der Waals surface area contributed by atoms with Crippen LogP contribution in [0.15, 0.2) is 6.33 Å². The maximum Gasteiger partial charge on any atom is 0.255 e. The highest BCUT2D eigenvalue weighted by Crippen LogP contribution is 2.21. The van der Waals surface area contributed by atoms with E-state index < -0.39 is 0 Å². The molecule has 2 heterocycles. The molecule has 0 spiro atoms. The summed E-state index contributed by atoms with van der Waals surface area (Å²) in [6.45, 7) is 2.84. The van der Waals surface area contributed by atoms with Crippen molar-refractivity contribution < 1.29 is 0 Å². The van der Waals surface area contributed by atoms with Crippen molar-refractivity contribution in [1.82, 2.24) is 19.6 Å².